The Morgan fingerprint density at radius 2 is 1.95 bits per heavy atom. The predicted molar refractivity (Wildman–Crippen MR) is 83.9 cm³/mol. The van der Waals surface area contributed by atoms with Gasteiger partial charge in [0.05, 0.1) is 0 Å². The highest BCUT2D eigenvalue weighted by Crippen LogP contribution is 2.38. The maximum Gasteiger partial charge on any atom is 0.248 e. The van der Waals surface area contributed by atoms with Crippen molar-refractivity contribution in [1.82, 2.24) is 4.98 Å². The highest BCUT2D eigenvalue weighted by atomic mass is 16.1. The van der Waals surface area contributed by atoms with Gasteiger partial charge in [0.25, 0.3) is 0 Å². The fraction of sp³-hybridized carbons (Fsp3) is 0.235. The molecule has 0 saturated heterocycles. The van der Waals surface area contributed by atoms with Crippen LogP contribution >= 0.6 is 0 Å². The molecule has 22 heavy (non-hydrogen) atoms. The largest absolute Gasteiger partial charge is 0.383 e. The van der Waals surface area contributed by atoms with Crippen molar-refractivity contribution in [3.05, 3.63) is 47.2 Å². The summed E-state index contributed by atoms with van der Waals surface area (Å²) in [5, 5.41) is 9.36. The molecule has 4 N–H and O–H groups in total. The summed E-state index contributed by atoms with van der Waals surface area (Å²) in [6.07, 6.45) is 3.42. The van der Waals surface area contributed by atoms with Crippen molar-refractivity contribution in [2.45, 2.75) is 25.2 Å². The van der Waals surface area contributed by atoms with E-state index in [1.807, 2.05) is 6.07 Å². The third kappa shape index (κ3) is 2.40. The number of rotatable bonds is 3. The zero-order valence-electron chi connectivity index (χ0n) is 12.0. The number of nitrogens with two attached hydrogens (primary N) is 2. The first-order valence-electron chi connectivity index (χ1n) is 7.21. The zero-order chi connectivity index (χ0) is 15.7. The standard InChI is InChI=1S/C17H16N4O/c18-9-14-13(10-4-6-12(7-5-10)17(20)22)8-15(21-16(14)19)11-2-1-3-11/h4-8,11H,1-3H2,(H2,19,21)(H2,20,22). The number of benzene rings is 1. The number of primary amides is 1. The molecule has 1 amide bonds. The molecule has 0 bridgehead atoms. The van der Waals surface area contributed by atoms with Gasteiger partial charge in [-0.25, -0.2) is 4.98 Å². The first-order chi connectivity index (χ1) is 10.6. The lowest BCUT2D eigenvalue weighted by Crippen LogP contribution is -2.13. The molecule has 0 aliphatic heterocycles. The lowest BCUT2D eigenvalue weighted by molar-refractivity contribution is 0.100. The average molecular weight is 292 g/mol. The molecule has 3 rings (SSSR count). The summed E-state index contributed by atoms with van der Waals surface area (Å²) in [5.41, 5.74) is 14.5. The van der Waals surface area contributed by atoms with E-state index >= 15 is 0 Å². The van der Waals surface area contributed by atoms with Gasteiger partial charge < -0.3 is 11.5 Å². The second-order valence-electron chi connectivity index (χ2n) is 5.54. The van der Waals surface area contributed by atoms with Crippen LogP contribution in [-0.4, -0.2) is 10.9 Å². The maximum absolute atomic E-state index is 11.2. The summed E-state index contributed by atoms with van der Waals surface area (Å²) in [6, 6.07) is 10.9. The van der Waals surface area contributed by atoms with Crippen LogP contribution in [0.2, 0.25) is 0 Å². The normalized spacial score (nSPS) is 14.1. The van der Waals surface area contributed by atoms with E-state index in [0.717, 1.165) is 29.7 Å². The predicted octanol–water partition coefficient (Wildman–Crippen LogP) is 2.57. The summed E-state index contributed by atoms with van der Waals surface area (Å²) in [4.78, 5) is 15.5. The van der Waals surface area contributed by atoms with Crippen LogP contribution < -0.4 is 11.5 Å². The minimum absolute atomic E-state index is 0.265. The van der Waals surface area contributed by atoms with Gasteiger partial charge in [0.15, 0.2) is 0 Å². The van der Waals surface area contributed by atoms with Gasteiger partial charge in [0.1, 0.15) is 17.5 Å². The fourth-order valence-corrected chi connectivity index (χ4v) is 2.66. The molecule has 1 aromatic carbocycles. The Morgan fingerprint density at radius 3 is 2.45 bits per heavy atom. The third-order valence-corrected chi connectivity index (χ3v) is 4.18. The van der Waals surface area contributed by atoms with Crippen molar-refractivity contribution in [3.63, 3.8) is 0 Å². The molecule has 5 heteroatoms. The van der Waals surface area contributed by atoms with Crippen LogP contribution in [0.15, 0.2) is 30.3 Å². The van der Waals surface area contributed by atoms with Crippen LogP contribution in [-0.2, 0) is 0 Å². The Bertz CT molecular complexity index is 770. The molecule has 1 fully saturated rings. The number of hydrogen-bond donors (Lipinski definition) is 2. The molecule has 1 aliphatic carbocycles. The van der Waals surface area contributed by atoms with Crippen molar-refractivity contribution in [2.24, 2.45) is 5.73 Å². The highest BCUT2D eigenvalue weighted by molar-refractivity contribution is 5.93. The van der Waals surface area contributed by atoms with E-state index < -0.39 is 5.91 Å². The monoisotopic (exact) mass is 292 g/mol. The topological polar surface area (TPSA) is 106 Å². The highest BCUT2D eigenvalue weighted by Gasteiger charge is 2.23. The van der Waals surface area contributed by atoms with Gasteiger partial charge in [-0.15, -0.1) is 0 Å². The molecule has 0 atom stereocenters. The lowest BCUT2D eigenvalue weighted by Gasteiger charge is -2.25. The van der Waals surface area contributed by atoms with Gasteiger partial charge in [-0.1, -0.05) is 18.6 Å². The van der Waals surface area contributed by atoms with Crippen LogP contribution in [0.1, 0.15) is 46.8 Å². The summed E-state index contributed by atoms with van der Waals surface area (Å²) in [5.74, 6) is 0.219. The Morgan fingerprint density at radius 1 is 1.27 bits per heavy atom. The molecule has 1 heterocycles. The molecule has 1 aliphatic rings. The quantitative estimate of drug-likeness (QED) is 0.906. The molecular weight excluding hydrogens is 276 g/mol. The Labute approximate surface area is 128 Å². The van der Waals surface area contributed by atoms with Crippen LogP contribution in [0, 0.1) is 11.3 Å². The number of nitrogen functional groups attached to an aromatic ring is 1. The van der Waals surface area contributed by atoms with Crippen molar-refractivity contribution in [2.75, 3.05) is 5.73 Å². The van der Waals surface area contributed by atoms with Gasteiger partial charge in [0, 0.05) is 22.7 Å². The third-order valence-electron chi connectivity index (χ3n) is 4.18. The number of hydrogen-bond acceptors (Lipinski definition) is 4. The van der Waals surface area contributed by atoms with E-state index in [1.54, 1.807) is 24.3 Å². The summed E-state index contributed by atoms with van der Waals surface area (Å²) >= 11 is 0. The molecule has 0 spiro atoms. The van der Waals surface area contributed by atoms with Crippen LogP contribution in [0.3, 0.4) is 0 Å². The number of nitriles is 1. The van der Waals surface area contributed by atoms with Crippen molar-refractivity contribution in [1.29, 1.82) is 5.26 Å². The summed E-state index contributed by atoms with van der Waals surface area (Å²) in [6.45, 7) is 0. The molecule has 5 nitrogen and oxygen atoms in total. The van der Waals surface area contributed by atoms with E-state index in [1.165, 1.54) is 6.42 Å². The van der Waals surface area contributed by atoms with E-state index in [4.69, 9.17) is 11.5 Å². The van der Waals surface area contributed by atoms with E-state index in [0.29, 0.717) is 17.0 Å². The number of nitrogens with zero attached hydrogens (tertiary/aromatic N) is 2. The van der Waals surface area contributed by atoms with Gasteiger partial charge in [0.2, 0.25) is 5.91 Å². The second kappa shape index (κ2) is 5.49. The smallest absolute Gasteiger partial charge is 0.248 e. The molecule has 1 aromatic heterocycles. The van der Waals surface area contributed by atoms with Crippen LogP contribution in [0.4, 0.5) is 5.82 Å². The molecule has 1 saturated carbocycles. The fourth-order valence-electron chi connectivity index (χ4n) is 2.66. The minimum atomic E-state index is -0.476. The first kappa shape index (κ1) is 14.1. The molecule has 110 valence electrons. The summed E-state index contributed by atoms with van der Waals surface area (Å²) in [7, 11) is 0. The van der Waals surface area contributed by atoms with E-state index in [-0.39, 0.29) is 5.82 Å². The lowest BCUT2D eigenvalue weighted by atomic mass is 9.81. The van der Waals surface area contributed by atoms with Crippen molar-refractivity contribution < 1.29 is 4.79 Å². The first-order valence-corrected chi connectivity index (χ1v) is 7.21. The summed E-state index contributed by atoms with van der Waals surface area (Å²) < 4.78 is 0. The van der Waals surface area contributed by atoms with Gasteiger partial charge in [-0.05, 0) is 36.6 Å². The Kier molecular flexibility index (Phi) is 3.51. The average Bonchev–Trinajstić information content (AvgIpc) is 2.45. The number of pyridine rings is 1. The molecule has 2 aromatic rings. The number of anilines is 1. The van der Waals surface area contributed by atoms with Gasteiger partial charge >= 0.3 is 0 Å². The van der Waals surface area contributed by atoms with E-state index in [2.05, 4.69) is 11.1 Å². The number of carbonyl (C=O) groups is 1. The second-order valence-corrected chi connectivity index (χ2v) is 5.54. The number of carbonyl (C=O) groups excluding carboxylic acids is 1. The van der Waals surface area contributed by atoms with Crippen molar-refractivity contribution >= 4 is 11.7 Å². The van der Waals surface area contributed by atoms with Crippen molar-refractivity contribution in [3.8, 4) is 17.2 Å². The Balaban J connectivity index is 2.09. The zero-order valence-corrected chi connectivity index (χ0v) is 12.0. The Hall–Kier alpha value is -2.87. The van der Waals surface area contributed by atoms with Gasteiger partial charge in [-0.3, -0.25) is 4.79 Å². The maximum atomic E-state index is 11.2. The molecule has 0 radical (unpaired) electrons. The van der Waals surface area contributed by atoms with Gasteiger partial charge in [-0.2, -0.15) is 5.26 Å². The van der Waals surface area contributed by atoms with Crippen LogP contribution in [0.5, 0.6) is 0 Å². The van der Waals surface area contributed by atoms with E-state index in [9.17, 15) is 10.1 Å². The SMILES string of the molecule is N#Cc1c(-c2ccc(C(N)=O)cc2)cc(C2CCC2)nc1N. The number of amides is 1. The minimum Gasteiger partial charge on any atom is -0.383 e. The number of aromatic nitrogens is 1. The molecule has 0 unspecified atom stereocenters. The van der Waals surface area contributed by atoms with Crippen LogP contribution in [0.25, 0.3) is 11.1 Å². The molecular formula is C17H16N4O.